The second-order valence-electron chi connectivity index (χ2n) is 7.64. The Balaban J connectivity index is 1.71. The number of hydrogen-bond donors (Lipinski definition) is 0. The van der Waals surface area contributed by atoms with E-state index in [0.717, 1.165) is 23.9 Å². The van der Waals surface area contributed by atoms with Gasteiger partial charge in [0.25, 0.3) is 0 Å². The Kier molecular flexibility index (Phi) is 4.80. The first-order chi connectivity index (χ1) is 13.3. The van der Waals surface area contributed by atoms with Gasteiger partial charge in [0.2, 0.25) is 5.28 Å². The first kappa shape index (κ1) is 18.8. The van der Waals surface area contributed by atoms with E-state index in [1.54, 1.807) is 33.3 Å². The zero-order valence-electron chi connectivity index (χ0n) is 15.9. The highest BCUT2D eigenvalue weighted by atomic mass is 35.5. The van der Waals surface area contributed by atoms with Crippen molar-refractivity contribution in [1.29, 1.82) is 0 Å². The molecule has 0 saturated carbocycles. The Morgan fingerprint density at radius 2 is 2.14 bits per heavy atom. The number of aromatic nitrogens is 6. The molecule has 0 spiro atoms. The smallest absolute Gasteiger partial charge is 0.435 e. The number of carbonyl (C=O) groups is 1. The van der Waals surface area contributed by atoms with Gasteiger partial charge in [0.15, 0.2) is 5.65 Å². The van der Waals surface area contributed by atoms with Gasteiger partial charge in [-0.25, -0.2) is 14.8 Å². The standard InChI is InChI=1S/C18H21ClN6O3/c1-18(2,3)28-17(26)25-9-11(8-21-25)13-14-15(23-16(19)22-13)24(10-20-14)12-6-4-5-7-27-12/h8-10,12H,4-7H2,1-3H3. The topological polar surface area (TPSA) is 97.0 Å². The monoisotopic (exact) mass is 404 g/mol. The molecular formula is C18H21ClN6O3. The summed E-state index contributed by atoms with van der Waals surface area (Å²) in [4.78, 5) is 25.4. The Morgan fingerprint density at radius 3 is 2.86 bits per heavy atom. The first-order valence-corrected chi connectivity index (χ1v) is 9.50. The molecule has 0 N–H and O–H groups in total. The van der Waals surface area contributed by atoms with Gasteiger partial charge in [0.1, 0.15) is 23.0 Å². The lowest BCUT2D eigenvalue weighted by molar-refractivity contribution is -0.0298. The van der Waals surface area contributed by atoms with Crippen LogP contribution in [0.4, 0.5) is 4.79 Å². The third kappa shape index (κ3) is 3.72. The van der Waals surface area contributed by atoms with Crippen LogP contribution in [0.5, 0.6) is 0 Å². The van der Waals surface area contributed by atoms with E-state index in [1.165, 1.54) is 6.20 Å². The molecule has 4 rings (SSSR count). The summed E-state index contributed by atoms with van der Waals surface area (Å²) in [5, 5.41) is 4.18. The van der Waals surface area contributed by atoms with Crippen molar-refractivity contribution in [2.75, 3.05) is 6.61 Å². The Labute approximate surface area is 166 Å². The molecule has 0 radical (unpaired) electrons. The summed E-state index contributed by atoms with van der Waals surface area (Å²) in [6.45, 7) is 6.09. The van der Waals surface area contributed by atoms with Gasteiger partial charge in [-0.1, -0.05) is 0 Å². The molecule has 1 aliphatic rings. The molecule has 9 nitrogen and oxygen atoms in total. The fourth-order valence-electron chi connectivity index (χ4n) is 3.10. The average Bonchev–Trinajstić information content (AvgIpc) is 3.27. The highest BCUT2D eigenvalue weighted by molar-refractivity contribution is 6.28. The van der Waals surface area contributed by atoms with Crippen LogP contribution in [0.2, 0.25) is 5.28 Å². The second-order valence-corrected chi connectivity index (χ2v) is 7.98. The maximum atomic E-state index is 12.2. The molecule has 0 amide bonds. The molecule has 0 bridgehead atoms. The van der Waals surface area contributed by atoms with Gasteiger partial charge < -0.3 is 9.47 Å². The van der Waals surface area contributed by atoms with Gasteiger partial charge in [-0.05, 0) is 51.6 Å². The number of imidazole rings is 1. The first-order valence-electron chi connectivity index (χ1n) is 9.12. The average molecular weight is 405 g/mol. The fraction of sp³-hybridized carbons (Fsp3) is 0.500. The van der Waals surface area contributed by atoms with Crippen molar-refractivity contribution >= 4 is 28.9 Å². The van der Waals surface area contributed by atoms with Crippen LogP contribution in [0, 0.1) is 0 Å². The van der Waals surface area contributed by atoms with Crippen LogP contribution in [0.15, 0.2) is 18.7 Å². The number of nitrogens with zero attached hydrogens (tertiary/aromatic N) is 6. The van der Waals surface area contributed by atoms with Crippen LogP contribution in [0.25, 0.3) is 22.4 Å². The fourth-order valence-corrected chi connectivity index (χ4v) is 3.26. The van der Waals surface area contributed by atoms with Crippen LogP contribution in [-0.2, 0) is 9.47 Å². The van der Waals surface area contributed by atoms with E-state index in [9.17, 15) is 4.79 Å². The number of hydrogen-bond acceptors (Lipinski definition) is 7. The number of fused-ring (bicyclic) bond motifs is 1. The van der Waals surface area contributed by atoms with Crippen molar-refractivity contribution in [2.24, 2.45) is 0 Å². The summed E-state index contributed by atoms with van der Waals surface area (Å²) in [6, 6.07) is 0. The molecule has 28 heavy (non-hydrogen) atoms. The molecule has 0 aliphatic carbocycles. The molecule has 1 fully saturated rings. The van der Waals surface area contributed by atoms with E-state index in [0.29, 0.717) is 29.0 Å². The van der Waals surface area contributed by atoms with Gasteiger partial charge in [0.05, 0.1) is 12.5 Å². The molecule has 1 unspecified atom stereocenters. The lowest BCUT2D eigenvalue weighted by Gasteiger charge is -2.23. The van der Waals surface area contributed by atoms with Gasteiger partial charge >= 0.3 is 6.09 Å². The zero-order chi connectivity index (χ0) is 19.9. The Bertz CT molecular complexity index is 1020. The quantitative estimate of drug-likeness (QED) is 0.598. The molecule has 1 saturated heterocycles. The Hall–Kier alpha value is -2.52. The number of ether oxygens (including phenoxy) is 2. The van der Waals surface area contributed by atoms with Gasteiger partial charge in [-0.3, -0.25) is 4.57 Å². The summed E-state index contributed by atoms with van der Waals surface area (Å²) in [5.41, 5.74) is 1.64. The van der Waals surface area contributed by atoms with E-state index in [2.05, 4.69) is 20.1 Å². The van der Waals surface area contributed by atoms with Crippen molar-refractivity contribution in [2.45, 2.75) is 51.9 Å². The SMILES string of the molecule is CC(C)(C)OC(=O)n1cc(-c2nc(Cl)nc3c2ncn3C2CCCCO2)cn1. The predicted octanol–water partition coefficient (Wildman–Crippen LogP) is 3.83. The largest absolute Gasteiger partial charge is 0.442 e. The summed E-state index contributed by atoms with van der Waals surface area (Å²) >= 11 is 6.18. The minimum atomic E-state index is -0.618. The van der Waals surface area contributed by atoms with Crippen molar-refractivity contribution in [3.8, 4) is 11.3 Å². The normalized spacial score (nSPS) is 17.8. The molecule has 1 atom stereocenters. The van der Waals surface area contributed by atoms with Crippen molar-refractivity contribution in [1.82, 2.24) is 29.3 Å². The van der Waals surface area contributed by atoms with Crippen molar-refractivity contribution in [3.63, 3.8) is 0 Å². The van der Waals surface area contributed by atoms with Gasteiger partial charge in [-0.15, -0.1) is 0 Å². The molecule has 0 aromatic carbocycles. The summed E-state index contributed by atoms with van der Waals surface area (Å²) < 4.78 is 14.2. The van der Waals surface area contributed by atoms with Crippen LogP contribution in [-0.4, -0.2) is 47.6 Å². The van der Waals surface area contributed by atoms with Crippen LogP contribution >= 0.6 is 11.6 Å². The molecule has 148 valence electrons. The number of carbonyl (C=O) groups excluding carboxylic acids is 1. The summed E-state index contributed by atoms with van der Waals surface area (Å²) in [6.07, 6.45) is 7.08. The Morgan fingerprint density at radius 1 is 1.32 bits per heavy atom. The second kappa shape index (κ2) is 7.14. The third-order valence-electron chi connectivity index (χ3n) is 4.30. The molecule has 4 heterocycles. The number of halogens is 1. The van der Waals surface area contributed by atoms with Crippen LogP contribution < -0.4 is 0 Å². The predicted molar refractivity (Wildman–Crippen MR) is 102 cm³/mol. The van der Waals surface area contributed by atoms with Crippen LogP contribution in [0.3, 0.4) is 0 Å². The maximum absolute atomic E-state index is 12.2. The van der Waals surface area contributed by atoms with Crippen molar-refractivity contribution < 1.29 is 14.3 Å². The van der Waals surface area contributed by atoms with Gasteiger partial charge in [0, 0.05) is 18.4 Å². The van der Waals surface area contributed by atoms with E-state index in [4.69, 9.17) is 21.1 Å². The molecule has 10 heteroatoms. The zero-order valence-corrected chi connectivity index (χ0v) is 16.7. The van der Waals surface area contributed by atoms with Gasteiger partial charge in [-0.2, -0.15) is 14.8 Å². The highest BCUT2D eigenvalue weighted by Crippen LogP contribution is 2.30. The van der Waals surface area contributed by atoms with E-state index >= 15 is 0 Å². The third-order valence-corrected chi connectivity index (χ3v) is 4.47. The lowest BCUT2D eigenvalue weighted by atomic mass is 10.2. The van der Waals surface area contributed by atoms with E-state index in [-0.39, 0.29) is 11.5 Å². The molecule has 3 aromatic heterocycles. The van der Waals surface area contributed by atoms with E-state index < -0.39 is 11.7 Å². The lowest BCUT2D eigenvalue weighted by Crippen LogP contribution is -2.27. The summed E-state index contributed by atoms with van der Waals surface area (Å²) in [5.74, 6) is 0. The van der Waals surface area contributed by atoms with E-state index in [1.807, 2.05) is 4.57 Å². The van der Waals surface area contributed by atoms with Crippen molar-refractivity contribution in [3.05, 3.63) is 24.0 Å². The van der Waals surface area contributed by atoms with Crippen LogP contribution in [0.1, 0.15) is 46.3 Å². The number of rotatable bonds is 2. The minimum Gasteiger partial charge on any atom is -0.442 e. The maximum Gasteiger partial charge on any atom is 0.435 e. The summed E-state index contributed by atoms with van der Waals surface area (Å²) in [7, 11) is 0. The molecular weight excluding hydrogens is 384 g/mol. The molecule has 3 aromatic rings. The molecule has 1 aliphatic heterocycles. The highest BCUT2D eigenvalue weighted by Gasteiger charge is 2.23. The minimum absolute atomic E-state index is 0.0880.